The smallest absolute Gasteiger partial charge is 0.434 e. The largest absolute Gasteiger partial charge is 0.463 e. The second kappa shape index (κ2) is 4.69. The highest BCUT2D eigenvalue weighted by atomic mass is 16.6. The zero-order valence-electron chi connectivity index (χ0n) is 11.7. The number of anilines is 1. The summed E-state index contributed by atoms with van der Waals surface area (Å²) in [6.45, 7) is 6.31. The zero-order valence-corrected chi connectivity index (χ0v) is 11.7. The molecule has 3 N–H and O–H groups in total. The number of aromatic nitrogens is 2. The van der Waals surface area contributed by atoms with E-state index in [1.807, 2.05) is 0 Å². The van der Waals surface area contributed by atoms with Crippen LogP contribution in [-0.4, -0.2) is 50.7 Å². The van der Waals surface area contributed by atoms with E-state index in [2.05, 4.69) is 5.10 Å². The Morgan fingerprint density at radius 1 is 1.45 bits per heavy atom. The van der Waals surface area contributed by atoms with Gasteiger partial charge in [0.05, 0.1) is 5.69 Å². The van der Waals surface area contributed by atoms with Crippen molar-refractivity contribution >= 4 is 18.0 Å². The van der Waals surface area contributed by atoms with Gasteiger partial charge in [-0.25, -0.2) is 9.59 Å². The standard InChI is InChI=1S/C12H18N4O4/c1-12(2,3)20-11(19)15-5-7(6-15)8-4-9(13)16(14-8)10(17)18/h4,7H,5-6,13H2,1-3H3,(H,17,18). The van der Waals surface area contributed by atoms with Gasteiger partial charge in [0.15, 0.2) is 0 Å². The first kappa shape index (κ1) is 14.2. The van der Waals surface area contributed by atoms with E-state index in [0.29, 0.717) is 18.8 Å². The minimum Gasteiger partial charge on any atom is -0.463 e. The summed E-state index contributed by atoms with van der Waals surface area (Å²) in [4.78, 5) is 24.1. The van der Waals surface area contributed by atoms with Gasteiger partial charge in [-0.05, 0) is 20.8 Å². The van der Waals surface area contributed by atoms with E-state index in [9.17, 15) is 9.59 Å². The Kier molecular flexibility index (Phi) is 3.33. The number of nitrogen functional groups attached to an aromatic ring is 1. The quantitative estimate of drug-likeness (QED) is 0.803. The van der Waals surface area contributed by atoms with Gasteiger partial charge in [0.2, 0.25) is 0 Å². The topological polar surface area (TPSA) is 111 Å². The Morgan fingerprint density at radius 3 is 2.50 bits per heavy atom. The summed E-state index contributed by atoms with van der Waals surface area (Å²) >= 11 is 0. The molecule has 2 heterocycles. The maximum atomic E-state index is 11.8. The van der Waals surface area contributed by atoms with Crippen molar-refractivity contribution in [1.82, 2.24) is 14.7 Å². The van der Waals surface area contributed by atoms with Gasteiger partial charge in [-0.1, -0.05) is 0 Å². The number of carbonyl (C=O) groups excluding carboxylic acids is 1. The first-order valence-electron chi connectivity index (χ1n) is 6.24. The molecule has 8 heteroatoms. The van der Waals surface area contributed by atoms with Crippen LogP contribution in [0.1, 0.15) is 32.4 Å². The number of carbonyl (C=O) groups is 2. The summed E-state index contributed by atoms with van der Waals surface area (Å²) in [6.07, 6.45) is -1.60. The fourth-order valence-corrected chi connectivity index (χ4v) is 1.91. The van der Waals surface area contributed by atoms with Crippen molar-refractivity contribution in [1.29, 1.82) is 0 Å². The molecule has 0 saturated carbocycles. The number of ether oxygens (including phenoxy) is 1. The van der Waals surface area contributed by atoms with Gasteiger partial charge < -0.3 is 20.5 Å². The van der Waals surface area contributed by atoms with Crippen molar-refractivity contribution in [3.05, 3.63) is 11.8 Å². The minimum atomic E-state index is -1.22. The van der Waals surface area contributed by atoms with Crippen LogP contribution in [-0.2, 0) is 4.74 Å². The Bertz CT molecular complexity index is 540. The van der Waals surface area contributed by atoms with Crippen molar-refractivity contribution in [2.45, 2.75) is 32.3 Å². The molecule has 1 aromatic heterocycles. The zero-order chi connectivity index (χ0) is 15.1. The van der Waals surface area contributed by atoms with Gasteiger partial charge in [-0.15, -0.1) is 4.68 Å². The Labute approximate surface area is 116 Å². The first-order valence-corrected chi connectivity index (χ1v) is 6.24. The summed E-state index contributed by atoms with van der Waals surface area (Å²) in [5.41, 5.74) is 5.59. The molecule has 110 valence electrons. The van der Waals surface area contributed by atoms with Gasteiger partial charge in [0.1, 0.15) is 11.4 Å². The second-order valence-corrected chi connectivity index (χ2v) is 5.77. The number of carboxylic acid groups (broad SMARTS) is 1. The summed E-state index contributed by atoms with van der Waals surface area (Å²) in [6, 6.07) is 1.52. The molecular formula is C12H18N4O4. The summed E-state index contributed by atoms with van der Waals surface area (Å²) in [5, 5.41) is 12.8. The normalized spacial score (nSPS) is 15.8. The number of amides is 1. The third kappa shape index (κ3) is 2.84. The number of nitrogens with two attached hydrogens (primary N) is 1. The van der Waals surface area contributed by atoms with Gasteiger partial charge >= 0.3 is 12.2 Å². The van der Waals surface area contributed by atoms with E-state index in [1.165, 1.54) is 6.07 Å². The van der Waals surface area contributed by atoms with Crippen molar-refractivity contribution in [2.24, 2.45) is 0 Å². The van der Waals surface area contributed by atoms with Crippen LogP contribution in [0.3, 0.4) is 0 Å². The minimum absolute atomic E-state index is 0.00887. The molecule has 0 bridgehead atoms. The molecule has 1 amide bonds. The average Bonchev–Trinajstić information content (AvgIpc) is 2.54. The maximum absolute atomic E-state index is 11.8. The van der Waals surface area contributed by atoms with Gasteiger partial charge in [0.25, 0.3) is 0 Å². The lowest BCUT2D eigenvalue weighted by Gasteiger charge is -2.38. The predicted molar refractivity (Wildman–Crippen MR) is 70.6 cm³/mol. The number of hydrogen-bond acceptors (Lipinski definition) is 5. The Morgan fingerprint density at radius 2 is 2.05 bits per heavy atom. The molecule has 0 spiro atoms. The van der Waals surface area contributed by atoms with E-state index in [1.54, 1.807) is 25.7 Å². The molecule has 0 aliphatic carbocycles. The molecule has 0 atom stereocenters. The van der Waals surface area contributed by atoms with Crippen LogP contribution in [0.4, 0.5) is 15.4 Å². The van der Waals surface area contributed by atoms with E-state index in [0.717, 1.165) is 4.68 Å². The fourth-order valence-electron chi connectivity index (χ4n) is 1.91. The molecule has 20 heavy (non-hydrogen) atoms. The first-order chi connectivity index (χ1) is 9.17. The second-order valence-electron chi connectivity index (χ2n) is 5.77. The number of hydrogen-bond donors (Lipinski definition) is 2. The third-order valence-corrected chi connectivity index (χ3v) is 2.89. The maximum Gasteiger partial charge on any atom is 0.434 e. The van der Waals surface area contributed by atoms with Crippen LogP contribution >= 0.6 is 0 Å². The van der Waals surface area contributed by atoms with Gasteiger partial charge in [-0.2, -0.15) is 5.10 Å². The molecular weight excluding hydrogens is 264 g/mol. The lowest BCUT2D eigenvalue weighted by Crippen LogP contribution is -2.50. The van der Waals surface area contributed by atoms with E-state index < -0.39 is 11.7 Å². The van der Waals surface area contributed by atoms with Crippen molar-refractivity contribution in [3.63, 3.8) is 0 Å². The molecule has 8 nitrogen and oxygen atoms in total. The fraction of sp³-hybridized carbons (Fsp3) is 0.583. The van der Waals surface area contributed by atoms with Crippen molar-refractivity contribution in [2.75, 3.05) is 18.8 Å². The van der Waals surface area contributed by atoms with Crippen LogP contribution < -0.4 is 5.73 Å². The molecule has 0 aromatic carbocycles. The molecule has 0 radical (unpaired) electrons. The Balaban J connectivity index is 1.95. The van der Waals surface area contributed by atoms with Crippen LogP contribution in [0.5, 0.6) is 0 Å². The average molecular weight is 282 g/mol. The highest BCUT2D eigenvalue weighted by molar-refractivity contribution is 5.72. The molecule has 2 rings (SSSR count). The van der Waals surface area contributed by atoms with E-state index in [-0.39, 0.29) is 17.8 Å². The number of rotatable bonds is 1. The summed E-state index contributed by atoms with van der Waals surface area (Å²) < 4.78 is 5.96. The third-order valence-electron chi connectivity index (χ3n) is 2.89. The molecule has 1 fully saturated rings. The molecule has 1 aromatic rings. The summed E-state index contributed by atoms with van der Waals surface area (Å²) in [7, 11) is 0. The van der Waals surface area contributed by atoms with Gasteiger partial charge in [-0.3, -0.25) is 0 Å². The SMILES string of the molecule is CC(C)(C)OC(=O)N1CC(c2cc(N)n(C(=O)O)n2)C1. The molecule has 1 saturated heterocycles. The van der Waals surface area contributed by atoms with Crippen LogP contribution in [0.2, 0.25) is 0 Å². The molecule has 0 unspecified atom stereocenters. The Hall–Kier alpha value is -2.25. The van der Waals surface area contributed by atoms with E-state index >= 15 is 0 Å². The monoisotopic (exact) mass is 282 g/mol. The van der Waals surface area contributed by atoms with Crippen LogP contribution in [0.25, 0.3) is 0 Å². The number of nitrogens with zero attached hydrogens (tertiary/aromatic N) is 3. The van der Waals surface area contributed by atoms with Crippen LogP contribution in [0, 0.1) is 0 Å². The summed E-state index contributed by atoms with van der Waals surface area (Å²) in [5.74, 6) is 0.0636. The number of likely N-dealkylation sites (tertiary alicyclic amines) is 1. The van der Waals surface area contributed by atoms with Crippen molar-refractivity contribution in [3.8, 4) is 0 Å². The highest BCUT2D eigenvalue weighted by Crippen LogP contribution is 2.28. The van der Waals surface area contributed by atoms with E-state index in [4.69, 9.17) is 15.6 Å². The van der Waals surface area contributed by atoms with Crippen LogP contribution in [0.15, 0.2) is 6.07 Å². The molecule has 1 aliphatic rings. The lowest BCUT2D eigenvalue weighted by atomic mass is 9.97. The van der Waals surface area contributed by atoms with Gasteiger partial charge in [0, 0.05) is 25.1 Å². The molecule has 1 aliphatic heterocycles. The van der Waals surface area contributed by atoms with Crippen molar-refractivity contribution < 1.29 is 19.4 Å². The predicted octanol–water partition coefficient (Wildman–Crippen LogP) is 1.33. The lowest BCUT2D eigenvalue weighted by molar-refractivity contribution is 0.00781. The highest BCUT2D eigenvalue weighted by Gasteiger charge is 2.36.